The first-order valence-electron chi connectivity index (χ1n) is 5.53. The van der Waals surface area contributed by atoms with Crippen LogP contribution in [0.3, 0.4) is 0 Å². The van der Waals surface area contributed by atoms with Crippen molar-refractivity contribution in [3.8, 4) is 16.9 Å². The highest BCUT2D eigenvalue weighted by molar-refractivity contribution is 5.64. The fourth-order valence-corrected chi connectivity index (χ4v) is 1.61. The van der Waals surface area contributed by atoms with E-state index in [0.29, 0.717) is 13.0 Å². The standard InChI is InChI=1S/C15H13O2/c16-10-5-11-17-15-9-4-8-14(12-15)13-6-2-1-3-7-13/h1-4,6-9,12H,5,11H2. The molecule has 0 fully saturated rings. The Balaban J connectivity index is 2.14. The van der Waals surface area contributed by atoms with E-state index in [1.54, 1.807) is 0 Å². The lowest BCUT2D eigenvalue weighted by Crippen LogP contribution is -1.97. The van der Waals surface area contributed by atoms with Gasteiger partial charge in [-0.2, -0.15) is 0 Å². The van der Waals surface area contributed by atoms with Gasteiger partial charge in [0.2, 0.25) is 6.29 Å². The van der Waals surface area contributed by atoms with Crippen molar-refractivity contribution in [3.63, 3.8) is 0 Å². The minimum atomic E-state index is 0.301. The topological polar surface area (TPSA) is 26.3 Å². The largest absolute Gasteiger partial charge is 0.493 e. The molecule has 0 heterocycles. The minimum Gasteiger partial charge on any atom is -0.493 e. The maximum atomic E-state index is 10.1. The number of ether oxygens (including phenoxy) is 1. The Morgan fingerprint density at radius 3 is 2.47 bits per heavy atom. The van der Waals surface area contributed by atoms with E-state index in [1.165, 1.54) is 0 Å². The Morgan fingerprint density at radius 1 is 0.941 bits per heavy atom. The van der Waals surface area contributed by atoms with Crippen molar-refractivity contribution in [2.45, 2.75) is 6.42 Å². The van der Waals surface area contributed by atoms with Crippen molar-refractivity contribution in [2.24, 2.45) is 0 Å². The molecule has 2 heteroatoms. The van der Waals surface area contributed by atoms with Gasteiger partial charge in [-0.1, -0.05) is 42.5 Å². The molecule has 85 valence electrons. The van der Waals surface area contributed by atoms with E-state index in [0.717, 1.165) is 16.9 Å². The molecule has 2 nitrogen and oxygen atoms in total. The minimum absolute atomic E-state index is 0.301. The summed E-state index contributed by atoms with van der Waals surface area (Å²) in [6.07, 6.45) is 2.11. The smallest absolute Gasteiger partial charge is 0.201 e. The van der Waals surface area contributed by atoms with Crippen molar-refractivity contribution in [1.82, 2.24) is 0 Å². The normalized spacial score (nSPS) is 9.88. The van der Waals surface area contributed by atoms with Gasteiger partial charge in [-0.25, -0.2) is 0 Å². The van der Waals surface area contributed by atoms with Gasteiger partial charge in [0.15, 0.2) is 0 Å². The van der Waals surface area contributed by atoms with E-state index in [-0.39, 0.29) is 0 Å². The quantitative estimate of drug-likeness (QED) is 0.730. The first-order valence-corrected chi connectivity index (χ1v) is 5.53. The Labute approximate surface area is 101 Å². The van der Waals surface area contributed by atoms with Gasteiger partial charge in [0.25, 0.3) is 0 Å². The summed E-state index contributed by atoms with van der Waals surface area (Å²) < 4.78 is 5.45. The molecule has 2 aromatic rings. The van der Waals surface area contributed by atoms with E-state index in [4.69, 9.17) is 4.74 Å². The van der Waals surface area contributed by atoms with Gasteiger partial charge in [0.05, 0.1) is 6.61 Å². The van der Waals surface area contributed by atoms with Crippen molar-refractivity contribution in [2.75, 3.05) is 6.61 Å². The van der Waals surface area contributed by atoms with E-state index < -0.39 is 0 Å². The second-order valence-electron chi connectivity index (χ2n) is 3.64. The van der Waals surface area contributed by atoms with Crippen LogP contribution in [0.2, 0.25) is 0 Å². The summed E-state index contributed by atoms with van der Waals surface area (Å²) in [7, 11) is 0. The lowest BCUT2D eigenvalue weighted by Gasteiger charge is -2.06. The monoisotopic (exact) mass is 225 g/mol. The zero-order chi connectivity index (χ0) is 11.9. The van der Waals surface area contributed by atoms with E-state index in [2.05, 4.69) is 12.1 Å². The lowest BCUT2D eigenvalue weighted by atomic mass is 10.1. The summed E-state index contributed by atoms with van der Waals surface area (Å²) in [6, 6.07) is 17.9. The molecule has 1 radical (unpaired) electrons. The van der Waals surface area contributed by atoms with Crippen LogP contribution in [0.15, 0.2) is 54.6 Å². The Kier molecular flexibility index (Phi) is 3.92. The van der Waals surface area contributed by atoms with Gasteiger partial charge < -0.3 is 4.74 Å². The Bertz CT molecular complexity index is 477. The molecule has 0 N–H and O–H groups in total. The Hall–Kier alpha value is -2.09. The van der Waals surface area contributed by atoms with Crippen LogP contribution in [-0.2, 0) is 4.79 Å². The zero-order valence-corrected chi connectivity index (χ0v) is 9.43. The summed E-state index contributed by atoms with van der Waals surface area (Å²) >= 11 is 0. The summed E-state index contributed by atoms with van der Waals surface area (Å²) in [4.78, 5) is 10.1. The third-order valence-corrected chi connectivity index (χ3v) is 2.41. The molecule has 0 aliphatic rings. The van der Waals surface area contributed by atoms with Crippen LogP contribution in [0.25, 0.3) is 11.1 Å². The fraction of sp³-hybridized carbons (Fsp3) is 0.133. The lowest BCUT2D eigenvalue weighted by molar-refractivity contribution is 0.326. The van der Waals surface area contributed by atoms with Gasteiger partial charge in [0.1, 0.15) is 5.75 Å². The number of hydrogen-bond donors (Lipinski definition) is 0. The molecule has 0 saturated carbocycles. The molecule has 0 saturated heterocycles. The summed E-state index contributed by atoms with van der Waals surface area (Å²) in [5.41, 5.74) is 2.26. The third kappa shape index (κ3) is 3.18. The predicted octanol–water partition coefficient (Wildman–Crippen LogP) is 3.23. The number of hydrogen-bond acceptors (Lipinski definition) is 2. The number of carbonyl (C=O) groups excluding carboxylic acids is 1. The summed E-state index contributed by atoms with van der Waals surface area (Å²) in [5, 5.41) is 0. The van der Waals surface area contributed by atoms with Crippen LogP contribution in [0.5, 0.6) is 5.75 Å². The maximum absolute atomic E-state index is 10.1. The van der Waals surface area contributed by atoms with E-state index in [1.807, 2.05) is 48.8 Å². The fourth-order valence-electron chi connectivity index (χ4n) is 1.61. The second kappa shape index (κ2) is 5.85. The van der Waals surface area contributed by atoms with Crippen LogP contribution in [0.1, 0.15) is 6.42 Å². The molecule has 0 aliphatic carbocycles. The SMILES string of the molecule is O=[C]CCOc1cccc(-c2ccccc2)c1. The van der Waals surface area contributed by atoms with Crippen LogP contribution in [0, 0.1) is 0 Å². The van der Waals surface area contributed by atoms with E-state index >= 15 is 0 Å². The Morgan fingerprint density at radius 2 is 1.71 bits per heavy atom. The molecular weight excluding hydrogens is 212 g/mol. The molecule has 0 bridgehead atoms. The van der Waals surface area contributed by atoms with Crippen LogP contribution in [-0.4, -0.2) is 12.9 Å². The molecule has 0 unspecified atom stereocenters. The molecule has 0 amide bonds. The third-order valence-electron chi connectivity index (χ3n) is 2.41. The summed E-state index contributed by atoms with van der Waals surface area (Å²) in [6.45, 7) is 0.377. The van der Waals surface area contributed by atoms with Crippen molar-refractivity contribution in [3.05, 3.63) is 54.6 Å². The van der Waals surface area contributed by atoms with Crippen molar-refractivity contribution < 1.29 is 9.53 Å². The van der Waals surface area contributed by atoms with Crippen LogP contribution in [0.4, 0.5) is 0 Å². The van der Waals surface area contributed by atoms with Gasteiger partial charge >= 0.3 is 0 Å². The molecule has 0 atom stereocenters. The maximum Gasteiger partial charge on any atom is 0.201 e. The highest BCUT2D eigenvalue weighted by atomic mass is 16.5. The molecular formula is C15H13O2. The highest BCUT2D eigenvalue weighted by Crippen LogP contribution is 2.23. The molecule has 17 heavy (non-hydrogen) atoms. The molecule has 2 aromatic carbocycles. The first kappa shape index (κ1) is 11.4. The molecule has 2 rings (SSSR count). The number of rotatable bonds is 5. The second-order valence-corrected chi connectivity index (χ2v) is 3.64. The van der Waals surface area contributed by atoms with Crippen molar-refractivity contribution >= 4 is 6.29 Å². The molecule has 0 aliphatic heterocycles. The van der Waals surface area contributed by atoms with Crippen LogP contribution >= 0.6 is 0 Å². The van der Waals surface area contributed by atoms with Gasteiger partial charge in [-0.05, 0) is 23.3 Å². The predicted molar refractivity (Wildman–Crippen MR) is 67.7 cm³/mol. The average molecular weight is 225 g/mol. The summed E-state index contributed by atoms with van der Waals surface area (Å²) in [5.74, 6) is 0.779. The number of benzene rings is 2. The highest BCUT2D eigenvalue weighted by Gasteiger charge is 1.99. The van der Waals surface area contributed by atoms with Gasteiger partial charge in [-0.15, -0.1) is 0 Å². The zero-order valence-electron chi connectivity index (χ0n) is 9.43. The van der Waals surface area contributed by atoms with Crippen molar-refractivity contribution in [1.29, 1.82) is 0 Å². The van der Waals surface area contributed by atoms with Gasteiger partial charge in [0, 0.05) is 6.42 Å². The molecule has 0 aromatic heterocycles. The van der Waals surface area contributed by atoms with Gasteiger partial charge in [-0.3, -0.25) is 4.79 Å². The first-order chi connectivity index (χ1) is 8.40. The molecule has 0 spiro atoms. The van der Waals surface area contributed by atoms with Crippen LogP contribution < -0.4 is 4.74 Å². The van der Waals surface area contributed by atoms with E-state index in [9.17, 15) is 4.79 Å². The average Bonchev–Trinajstić information content (AvgIpc) is 2.41.